The maximum absolute atomic E-state index is 13.7. The second-order valence-corrected chi connectivity index (χ2v) is 9.06. The molecule has 0 spiro atoms. The summed E-state index contributed by atoms with van der Waals surface area (Å²) >= 11 is 0. The molecule has 0 bridgehead atoms. The first-order chi connectivity index (χ1) is 15.5. The Morgan fingerprint density at radius 1 is 0.938 bits per heavy atom. The molecule has 0 N–H and O–H groups in total. The second kappa shape index (κ2) is 8.30. The number of fused-ring (bicyclic) bond motifs is 1. The van der Waals surface area contributed by atoms with Crippen molar-refractivity contribution in [3.8, 4) is 0 Å². The topological polar surface area (TPSA) is 45.6 Å². The molecule has 1 aliphatic carbocycles. The van der Waals surface area contributed by atoms with Gasteiger partial charge in [-0.1, -0.05) is 47.5 Å². The van der Waals surface area contributed by atoms with Gasteiger partial charge in [0.1, 0.15) is 6.54 Å². The molecule has 1 atom stereocenters. The number of rotatable bonds is 5. The van der Waals surface area contributed by atoms with Gasteiger partial charge in [-0.15, -0.1) is 0 Å². The van der Waals surface area contributed by atoms with Crippen LogP contribution < -0.4 is 0 Å². The average Bonchev–Trinajstić information content (AvgIpc) is 3.52. The largest absolute Gasteiger partial charge is 0.348 e. The fourth-order valence-corrected chi connectivity index (χ4v) is 4.69. The summed E-state index contributed by atoms with van der Waals surface area (Å²) in [6.07, 6.45) is 4.02. The Morgan fingerprint density at radius 2 is 1.72 bits per heavy atom. The minimum atomic E-state index is -0.137. The average molecular weight is 428 g/mol. The second-order valence-electron chi connectivity index (χ2n) is 9.06. The molecule has 2 heterocycles. The SMILES string of the molecule is Cc1ccc(C(=O)N(CC(=O)N2CCn3cccc3[C@@H]2c2cccc(C)c2)C2CC2)cc1. The summed E-state index contributed by atoms with van der Waals surface area (Å²) in [4.78, 5) is 30.7. The van der Waals surface area contributed by atoms with Crippen molar-refractivity contribution in [3.05, 3.63) is 94.8 Å². The first kappa shape index (κ1) is 20.6. The third-order valence-corrected chi connectivity index (χ3v) is 6.57. The van der Waals surface area contributed by atoms with Gasteiger partial charge in [0, 0.05) is 36.6 Å². The predicted octanol–water partition coefficient (Wildman–Crippen LogP) is 4.34. The number of aromatic nitrogens is 1. The minimum absolute atomic E-state index is 0.0105. The highest BCUT2D eigenvalue weighted by atomic mass is 16.2. The lowest BCUT2D eigenvalue weighted by atomic mass is 9.98. The Bertz CT molecular complexity index is 1140. The summed E-state index contributed by atoms with van der Waals surface area (Å²) in [6, 6.07) is 20.2. The zero-order valence-electron chi connectivity index (χ0n) is 18.7. The van der Waals surface area contributed by atoms with Crippen LogP contribution in [0.4, 0.5) is 0 Å². The van der Waals surface area contributed by atoms with E-state index >= 15 is 0 Å². The number of benzene rings is 2. The number of hydrogen-bond donors (Lipinski definition) is 0. The zero-order valence-corrected chi connectivity index (χ0v) is 18.7. The molecule has 5 rings (SSSR count). The monoisotopic (exact) mass is 427 g/mol. The molecule has 1 fully saturated rings. The summed E-state index contributed by atoms with van der Waals surface area (Å²) in [5.41, 5.74) is 5.18. The number of carbonyl (C=O) groups excluding carboxylic acids is 2. The van der Waals surface area contributed by atoms with Crippen LogP contribution in [-0.4, -0.2) is 45.3 Å². The van der Waals surface area contributed by atoms with E-state index in [9.17, 15) is 9.59 Å². The van der Waals surface area contributed by atoms with E-state index in [2.05, 4.69) is 42.0 Å². The predicted molar refractivity (Wildman–Crippen MR) is 124 cm³/mol. The third kappa shape index (κ3) is 3.95. The van der Waals surface area contributed by atoms with Crippen LogP contribution in [0.2, 0.25) is 0 Å². The van der Waals surface area contributed by atoms with Crippen LogP contribution in [0.5, 0.6) is 0 Å². The quantitative estimate of drug-likeness (QED) is 0.608. The lowest BCUT2D eigenvalue weighted by molar-refractivity contribution is -0.134. The number of aryl methyl sites for hydroxylation is 2. The van der Waals surface area contributed by atoms with Gasteiger partial charge in [-0.3, -0.25) is 9.59 Å². The van der Waals surface area contributed by atoms with Crippen molar-refractivity contribution in [1.29, 1.82) is 0 Å². The molecule has 1 aromatic heterocycles. The van der Waals surface area contributed by atoms with Crippen LogP contribution in [-0.2, 0) is 11.3 Å². The lowest BCUT2D eigenvalue weighted by Gasteiger charge is -2.38. The van der Waals surface area contributed by atoms with E-state index in [1.54, 1.807) is 4.90 Å². The van der Waals surface area contributed by atoms with Gasteiger partial charge < -0.3 is 14.4 Å². The van der Waals surface area contributed by atoms with Gasteiger partial charge in [0.2, 0.25) is 5.91 Å². The zero-order chi connectivity index (χ0) is 22.2. The van der Waals surface area contributed by atoms with Crippen molar-refractivity contribution in [2.24, 2.45) is 0 Å². The fourth-order valence-electron chi connectivity index (χ4n) is 4.69. The van der Waals surface area contributed by atoms with Crippen molar-refractivity contribution < 1.29 is 9.59 Å². The molecule has 0 saturated heterocycles. The molecule has 2 aliphatic rings. The molecule has 5 heteroatoms. The van der Waals surface area contributed by atoms with Crippen molar-refractivity contribution >= 4 is 11.8 Å². The molecule has 1 saturated carbocycles. The summed E-state index contributed by atoms with van der Waals surface area (Å²) in [7, 11) is 0. The van der Waals surface area contributed by atoms with Gasteiger partial charge in [-0.05, 0) is 56.5 Å². The van der Waals surface area contributed by atoms with Gasteiger partial charge in [-0.25, -0.2) is 0 Å². The van der Waals surface area contributed by atoms with Crippen LogP contribution in [0, 0.1) is 13.8 Å². The van der Waals surface area contributed by atoms with Crippen molar-refractivity contribution in [3.63, 3.8) is 0 Å². The standard InChI is InChI=1S/C27H29N3O2/c1-19-8-10-21(11-9-19)27(32)30(23-12-13-23)18-25(31)29-16-15-28-14-4-7-24(28)26(29)22-6-3-5-20(2)17-22/h3-11,14,17,23,26H,12-13,15-16,18H2,1-2H3/t26-/m0/s1. The lowest BCUT2D eigenvalue weighted by Crippen LogP contribution is -2.48. The van der Waals surface area contributed by atoms with Gasteiger partial charge >= 0.3 is 0 Å². The van der Waals surface area contributed by atoms with Crippen LogP contribution in [0.15, 0.2) is 66.9 Å². The van der Waals surface area contributed by atoms with Crippen molar-refractivity contribution in [2.45, 2.75) is 45.3 Å². The van der Waals surface area contributed by atoms with E-state index in [0.29, 0.717) is 12.1 Å². The van der Waals surface area contributed by atoms with E-state index in [1.165, 1.54) is 5.56 Å². The molecule has 0 unspecified atom stereocenters. The fraction of sp³-hybridized carbons (Fsp3) is 0.333. The minimum Gasteiger partial charge on any atom is -0.348 e. The number of nitrogens with zero attached hydrogens (tertiary/aromatic N) is 3. The number of hydrogen-bond acceptors (Lipinski definition) is 2. The van der Waals surface area contributed by atoms with Crippen molar-refractivity contribution in [2.75, 3.05) is 13.1 Å². The summed E-state index contributed by atoms with van der Waals surface area (Å²) in [5, 5.41) is 0. The van der Waals surface area contributed by atoms with Crippen molar-refractivity contribution in [1.82, 2.24) is 14.4 Å². The molecule has 32 heavy (non-hydrogen) atoms. The van der Waals surface area contributed by atoms with Crippen LogP contribution >= 0.6 is 0 Å². The van der Waals surface area contributed by atoms with Crippen LogP contribution in [0.25, 0.3) is 0 Å². The Kier molecular flexibility index (Phi) is 5.33. The third-order valence-electron chi connectivity index (χ3n) is 6.57. The Hall–Kier alpha value is -3.34. The normalized spacial score (nSPS) is 17.7. The molecule has 2 aromatic carbocycles. The van der Waals surface area contributed by atoms with E-state index in [-0.39, 0.29) is 30.4 Å². The van der Waals surface area contributed by atoms with Crippen LogP contribution in [0.1, 0.15) is 51.6 Å². The molecule has 164 valence electrons. The molecule has 0 radical (unpaired) electrons. The van der Waals surface area contributed by atoms with E-state index in [1.807, 2.05) is 48.2 Å². The Morgan fingerprint density at radius 3 is 2.44 bits per heavy atom. The molecule has 1 aliphatic heterocycles. The first-order valence-corrected chi connectivity index (χ1v) is 11.4. The summed E-state index contributed by atoms with van der Waals surface area (Å²) in [5.74, 6) is -0.0374. The molecular weight excluding hydrogens is 398 g/mol. The molecule has 2 amide bonds. The van der Waals surface area contributed by atoms with Gasteiger partial charge in [-0.2, -0.15) is 0 Å². The van der Waals surface area contributed by atoms with E-state index < -0.39 is 0 Å². The number of carbonyl (C=O) groups is 2. The maximum Gasteiger partial charge on any atom is 0.254 e. The van der Waals surface area contributed by atoms with E-state index in [4.69, 9.17) is 0 Å². The highest BCUT2D eigenvalue weighted by Gasteiger charge is 2.38. The maximum atomic E-state index is 13.7. The van der Waals surface area contributed by atoms with Gasteiger partial charge in [0.05, 0.1) is 6.04 Å². The smallest absolute Gasteiger partial charge is 0.254 e. The molecule has 3 aromatic rings. The number of amides is 2. The highest BCUT2D eigenvalue weighted by Crippen LogP contribution is 2.34. The van der Waals surface area contributed by atoms with Gasteiger partial charge in [0.25, 0.3) is 5.91 Å². The highest BCUT2D eigenvalue weighted by molar-refractivity contribution is 5.97. The summed E-state index contributed by atoms with van der Waals surface area (Å²) < 4.78 is 2.23. The molecule has 5 nitrogen and oxygen atoms in total. The van der Waals surface area contributed by atoms with Crippen LogP contribution in [0.3, 0.4) is 0 Å². The Labute approximate surface area is 189 Å². The Balaban J connectivity index is 1.43. The summed E-state index contributed by atoms with van der Waals surface area (Å²) in [6.45, 7) is 5.61. The first-order valence-electron chi connectivity index (χ1n) is 11.4. The molecular formula is C27H29N3O2. The van der Waals surface area contributed by atoms with E-state index in [0.717, 1.165) is 36.2 Å². The van der Waals surface area contributed by atoms with Gasteiger partial charge in [0.15, 0.2) is 0 Å².